The fourth-order valence-electron chi connectivity index (χ4n) is 3.20. The molecule has 0 saturated carbocycles. The van der Waals surface area contributed by atoms with Gasteiger partial charge >= 0.3 is 0 Å². The average molecular weight is 428 g/mol. The number of hydrogen-bond acceptors (Lipinski definition) is 4. The Labute approximate surface area is 178 Å². The zero-order chi connectivity index (χ0) is 20.8. The number of nitrogens with two attached hydrogens (primary N) is 1. The van der Waals surface area contributed by atoms with Crippen LogP contribution in [0.15, 0.2) is 73.1 Å². The molecule has 0 bridgehead atoms. The van der Waals surface area contributed by atoms with E-state index in [1.807, 2.05) is 60.7 Å². The Morgan fingerprint density at radius 2 is 1.86 bits per heavy atom. The summed E-state index contributed by atoms with van der Waals surface area (Å²) >= 11 is 5.03. The number of anilines is 1. The molecule has 1 aromatic heterocycles. The number of halogens is 1. The highest BCUT2D eigenvalue weighted by molar-refractivity contribution is 7.92. The van der Waals surface area contributed by atoms with Gasteiger partial charge in [0, 0.05) is 29.8 Å². The van der Waals surface area contributed by atoms with Crippen molar-refractivity contribution >= 4 is 34.6 Å². The fourth-order valence-corrected chi connectivity index (χ4v) is 4.13. The summed E-state index contributed by atoms with van der Waals surface area (Å²) in [7, 11) is 0. The minimum absolute atomic E-state index is 0.181. The Hall–Kier alpha value is -2.54. The van der Waals surface area contributed by atoms with Crippen molar-refractivity contribution in [2.24, 2.45) is 5.73 Å². The number of carbonyl (C=O) groups excluding carboxylic acids is 1. The van der Waals surface area contributed by atoms with Gasteiger partial charge < -0.3 is 10.3 Å². The molecule has 29 heavy (non-hydrogen) atoms. The minimum Gasteiger partial charge on any atom is -0.593 e. The molecule has 2 atom stereocenters. The molecule has 0 radical (unpaired) electrons. The summed E-state index contributed by atoms with van der Waals surface area (Å²) in [4.78, 5) is 15.7. The smallest absolute Gasteiger partial charge is 0.218 e. The summed E-state index contributed by atoms with van der Waals surface area (Å²) in [5.74, 6) is -0.558. The van der Waals surface area contributed by atoms with Crippen LogP contribution in [0.3, 0.4) is 0 Å². The highest BCUT2D eigenvalue weighted by Crippen LogP contribution is 2.30. The molecule has 1 heterocycles. The van der Waals surface area contributed by atoms with Crippen molar-refractivity contribution in [3.63, 3.8) is 0 Å². The van der Waals surface area contributed by atoms with Gasteiger partial charge in [-0.05, 0) is 41.0 Å². The molecule has 0 fully saturated rings. The van der Waals surface area contributed by atoms with Crippen LogP contribution >= 0.6 is 11.6 Å². The van der Waals surface area contributed by atoms with Crippen LogP contribution in [-0.4, -0.2) is 21.7 Å². The largest absolute Gasteiger partial charge is 0.593 e. The molecular weight excluding hydrogens is 406 g/mol. The Morgan fingerprint density at radius 1 is 1.14 bits per heavy atom. The number of carbonyl (C=O) groups is 1. The first-order valence-corrected chi connectivity index (χ1v) is 11.0. The van der Waals surface area contributed by atoms with E-state index in [0.717, 1.165) is 22.4 Å². The average Bonchev–Trinajstić information content (AvgIpc) is 2.72. The highest BCUT2D eigenvalue weighted by Gasteiger charge is 2.21. The van der Waals surface area contributed by atoms with Gasteiger partial charge in [-0.1, -0.05) is 48.0 Å². The van der Waals surface area contributed by atoms with Gasteiger partial charge in [-0.15, -0.1) is 0 Å². The Balaban J connectivity index is 1.88. The number of primary amides is 1. The fraction of sp³-hybridized carbons (Fsp3) is 0.182. The SMILES string of the molecule is C[S+]([O-])N(Cc1ccccc1Cl)c1ccc(C(CC(N)=O)c2cccnc2)cc1. The van der Waals surface area contributed by atoms with Crippen molar-refractivity contribution < 1.29 is 9.35 Å². The third-order valence-corrected chi connectivity index (χ3v) is 5.99. The predicted octanol–water partition coefficient (Wildman–Crippen LogP) is 4.04. The zero-order valence-corrected chi connectivity index (χ0v) is 17.6. The summed E-state index contributed by atoms with van der Waals surface area (Å²) in [5.41, 5.74) is 9.04. The molecule has 3 aromatic rings. The van der Waals surface area contributed by atoms with Crippen molar-refractivity contribution in [2.45, 2.75) is 18.9 Å². The molecule has 2 unspecified atom stereocenters. The molecule has 1 amide bonds. The summed E-state index contributed by atoms with van der Waals surface area (Å²) < 4.78 is 14.1. The lowest BCUT2D eigenvalue weighted by molar-refractivity contribution is -0.118. The molecule has 150 valence electrons. The van der Waals surface area contributed by atoms with Crippen LogP contribution in [0.2, 0.25) is 5.02 Å². The molecule has 2 aromatic carbocycles. The van der Waals surface area contributed by atoms with E-state index in [1.165, 1.54) is 0 Å². The summed E-state index contributed by atoms with van der Waals surface area (Å²) in [6.45, 7) is 0.426. The van der Waals surface area contributed by atoms with Crippen LogP contribution in [0.25, 0.3) is 0 Å². The maximum atomic E-state index is 12.4. The third kappa shape index (κ3) is 5.50. The molecule has 0 aliphatic carbocycles. The van der Waals surface area contributed by atoms with Gasteiger partial charge in [-0.3, -0.25) is 9.78 Å². The summed E-state index contributed by atoms with van der Waals surface area (Å²) in [6.07, 6.45) is 5.26. The second kappa shape index (κ2) is 9.78. The number of rotatable bonds is 8. The summed E-state index contributed by atoms with van der Waals surface area (Å²) in [5, 5.41) is 0.637. The molecule has 0 saturated heterocycles. The number of aromatic nitrogens is 1. The van der Waals surface area contributed by atoms with Crippen molar-refractivity contribution in [3.8, 4) is 0 Å². The van der Waals surface area contributed by atoms with E-state index in [9.17, 15) is 9.35 Å². The Kier molecular flexibility index (Phi) is 7.14. The van der Waals surface area contributed by atoms with Crippen LogP contribution in [-0.2, 0) is 22.7 Å². The molecule has 0 aliphatic heterocycles. The minimum atomic E-state index is -1.23. The molecule has 2 N–H and O–H groups in total. The van der Waals surface area contributed by atoms with E-state index in [-0.39, 0.29) is 18.2 Å². The van der Waals surface area contributed by atoms with Gasteiger partial charge in [0.1, 0.15) is 6.26 Å². The number of nitrogens with zero attached hydrogens (tertiary/aromatic N) is 2. The predicted molar refractivity (Wildman–Crippen MR) is 118 cm³/mol. The molecular formula is C22H22ClN3O2S. The van der Waals surface area contributed by atoms with Gasteiger partial charge in [-0.2, -0.15) is 4.31 Å². The number of hydrogen-bond donors (Lipinski definition) is 1. The monoisotopic (exact) mass is 427 g/mol. The van der Waals surface area contributed by atoms with Crippen molar-refractivity contribution in [1.82, 2.24) is 4.98 Å². The first-order chi connectivity index (χ1) is 14.0. The van der Waals surface area contributed by atoms with E-state index >= 15 is 0 Å². The van der Waals surface area contributed by atoms with Gasteiger partial charge in [-0.25, -0.2) is 0 Å². The van der Waals surface area contributed by atoms with E-state index in [2.05, 4.69) is 4.98 Å². The van der Waals surface area contributed by atoms with Gasteiger partial charge in [0.15, 0.2) is 0 Å². The first-order valence-electron chi connectivity index (χ1n) is 9.08. The van der Waals surface area contributed by atoms with Crippen molar-refractivity contribution in [1.29, 1.82) is 0 Å². The molecule has 0 spiro atoms. The molecule has 0 aliphatic rings. The van der Waals surface area contributed by atoms with Crippen molar-refractivity contribution in [3.05, 3.63) is 94.8 Å². The number of amides is 1. The lowest BCUT2D eigenvalue weighted by atomic mass is 9.89. The third-order valence-electron chi connectivity index (χ3n) is 4.66. The summed E-state index contributed by atoms with van der Waals surface area (Å²) in [6, 6.07) is 18.9. The van der Waals surface area contributed by atoms with Crippen molar-refractivity contribution in [2.75, 3.05) is 10.6 Å². The van der Waals surface area contributed by atoms with E-state index in [4.69, 9.17) is 17.3 Å². The Morgan fingerprint density at radius 3 is 2.45 bits per heavy atom. The standard InChI is InChI=1S/C22H22ClN3O2S/c1-29(28)26(15-18-5-2-3-7-21(18)23)19-10-8-16(9-11-19)20(13-22(24)27)17-6-4-12-25-14-17/h2-12,14,20H,13,15H2,1H3,(H2,24,27). The van der Waals surface area contributed by atoms with Crippen LogP contribution < -0.4 is 10.0 Å². The lowest BCUT2D eigenvalue weighted by Crippen LogP contribution is -2.29. The van der Waals surface area contributed by atoms with Crippen LogP contribution in [0, 0.1) is 0 Å². The van der Waals surface area contributed by atoms with Gasteiger partial charge in [0.2, 0.25) is 5.91 Å². The zero-order valence-electron chi connectivity index (χ0n) is 16.0. The van der Waals surface area contributed by atoms with Crippen LogP contribution in [0.4, 0.5) is 5.69 Å². The Bertz CT molecular complexity index is 952. The topological polar surface area (TPSA) is 82.3 Å². The molecule has 3 rings (SSSR count). The first kappa shape index (κ1) is 21.2. The quantitative estimate of drug-likeness (QED) is 0.550. The maximum Gasteiger partial charge on any atom is 0.218 e. The van der Waals surface area contributed by atoms with E-state index in [1.54, 1.807) is 23.0 Å². The molecule has 5 nitrogen and oxygen atoms in total. The number of pyridine rings is 1. The second-order valence-corrected chi connectivity index (χ2v) is 8.35. The van der Waals surface area contributed by atoms with E-state index < -0.39 is 11.4 Å². The lowest BCUT2D eigenvalue weighted by Gasteiger charge is -2.25. The van der Waals surface area contributed by atoms with E-state index in [0.29, 0.717) is 11.6 Å². The normalized spacial score (nSPS) is 12.9. The van der Waals surface area contributed by atoms with Gasteiger partial charge in [0.25, 0.3) is 0 Å². The molecule has 7 heteroatoms. The maximum absolute atomic E-state index is 12.4. The number of benzene rings is 2. The highest BCUT2D eigenvalue weighted by atomic mass is 35.5. The van der Waals surface area contributed by atoms with Crippen LogP contribution in [0.1, 0.15) is 29.0 Å². The van der Waals surface area contributed by atoms with Gasteiger partial charge in [0.05, 0.1) is 23.6 Å². The van der Waals surface area contributed by atoms with Crippen LogP contribution in [0.5, 0.6) is 0 Å². The second-order valence-electron chi connectivity index (χ2n) is 6.65.